The molecule has 0 aromatic rings. The van der Waals surface area contributed by atoms with E-state index in [9.17, 15) is 8.78 Å². The van der Waals surface area contributed by atoms with E-state index in [1.807, 2.05) is 6.92 Å². The van der Waals surface area contributed by atoms with Crippen LogP contribution in [0.1, 0.15) is 13.3 Å². The molecule has 0 saturated carbocycles. The van der Waals surface area contributed by atoms with Gasteiger partial charge in [0.05, 0.1) is 12.6 Å². The lowest BCUT2D eigenvalue weighted by Gasteiger charge is -2.14. The van der Waals surface area contributed by atoms with Crippen molar-refractivity contribution in [1.82, 2.24) is 5.32 Å². The van der Waals surface area contributed by atoms with Gasteiger partial charge in [0.1, 0.15) is 0 Å². The normalized spacial score (nSPS) is 31.6. The number of alkyl halides is 2. The van der Waals surface area contributed by atoms with Crippen LogP contribution in [-0.4, -0.2) is 31.7 Å². The standard InChI is InChI=1S/C7H13F2NO/c1-5-6(2-3-11-5)10-4-7(8)9/h5-7,10H,2-4H2,1H3/t5-,6-/m1/s1. The maximum Gasteiger partial charge on any atom is 0.250 e. The molecular weight excluding hydrogens is 152 g/mol. The third-order valence-electron chi connectivity index (χ3n) is 1.91. The molecule has 1 saturated heterocycles. The Morgan fingerprint density at radius 1 is 1.64 bits per heavy atom. The van der Waals surface area contributed by atoms with E-state index in [1.54, 1.807) is 0 Å². The van der Waals surface area contributed by atoms with Crippen molar-refractivity contribution in [3.8, 4) is 0 Å². The molecule has 2 atom stereocenters. The van der Waals surface area contributed by atoms with Crippen LogP contribution >= 0.6 is 0 Å². The molecule has 0 amide bonds. The molecule has 1 aliphatic rings. The fourth-order valence-corrected chi connectivity index (χ4v) is 1.24. The first kappa shape index (κ1) is 8.87. The molecule has 66 valence electrons. The molecule has 11 heavy (non-hydrogen) atoms. The van der Waals surface area contributed by atoms with Crippen molar-refractivity contribution < 1.29 is 13.5 Å². The van der Waals surface area contributed by atoms with Crippen LogP contribution < -0.4 is 5.32 Å². The van der Waals surface area contributed by atoms with Crippen molar-refractivity contribution in [3.63, 3.8) is 0 Å². The smallest absolute Gasteiger partial charge is 0.250 e. The molecule has 1 N–H and O–H groups in total. The van der Waals surface area contributed by atoms with E-state index in [0.717, 1.165) is 6.42 Å². The van der Waals surface area contributed by atoms with E-state index < -0.39 is 6.43 Å². The second kappa shape index (κ2) is 3.97. The fraction of sp³-hybridized carbons (Fsp3) is 1.00. The molecule has 0 unspecified atom stereocenters. The molecule has 0 aliphatic carbocycles. The van der Waals surface area contributed by atoms with Gasteiger partial charge in [-0.2, -0.15) is 0 Å². The Bertz CT molecular complexity index is 121. The first-order chi connectivity index (χ1) is 5.20. The minimum atomic E-state index is -2.26. The Kier molecular flexibility index (Phi) is 3.20. The molecule has 0 spiro atoms. The maximum atomic E-state index is 11.7. The summed E-state index contributed by atoms with van der Waals surface area (Å²) < 4.78 is 28.6. The Morgan fingerprint density at radius 3 is 2.82 bits per heavy atom. The zero-order valence-corrected chi connectivity index (χ0v) is 6.52. The van der Waals surface area contributed by atoms with Crippen LogP contribution in [0.2, 0.25) is 0 Å². The van der Waals surface area contributed by atoms with Gasteiger partial charge in [-0.05, 0) is 13.3 Å². The second-order valence-electron chi connectivity index (χ2n) is 2.77. The summed E-state index contributed by atoms with van der Waals surface area (Å²) in [5.74, 6) is 0. The van der Waals surface area contributed by atoms with Crippen molar-refractivity contribution in [2.75, 3.05) is 13.2 Å². The van der Waals surface area contributed by atoms with E-state index in [2.05, 4.69) is 5.32 Å². The van der Waals surface area contributed by atoms with E-state index in [0.29, 0.717) is 6.61 Å². The highest BCUT2D eigenvalue weighted by molar-refractivity contribution is 4.78. The lowest BCUT2D eigenvalue weighted by Crippen LogP contribution is -2.37. The number of ether oxygens (including phenoxy) is 1. The third kappa shape index (κ3) is 2.71. The van der Waals surface area contributed by atoms with Crippen LogP contribution in [0.15, 0.2) is 0 Å². The Morgan fingerprint density at radius 2 is 2.36 bits per heavy atom. The summed E-state index contributed by atoms with van der Waals surface area (Å²) in [4.78, 5) is 0. The third-order valence-corrected chi connectivity index (χ3v) is 1.91. The van der Waals surface area contributed by atoms with Crippen LogP contribution in [0, 0.1) is 0 Å². The first-order valence-corrected chi connectivity index (χ1v) is 3.83. The lowest BCUT2D eigenvalue weighted by atomic mass is 10.1. The van der Waals surface area contributed by atoms with Crippen molar-refractivity contribution in [2.24, 2.45) is 0 Å². The molecule has 0 bridgehead atoms. The molecule has 0 aromatic carbocycles. The fourth-order valence-electron chi connectivity index (χ4n) is 1.24. The second-order valence-corrected chi connectivity index (χ2v) is 2.77. The summed E-state index contributed by atoms with van der Waals surface area (Å²) in [6, 6.07) is 0.115. The molecule has 0 radical (unpaired) electrons. The minimum absolute atomic E-state index is 0.0775. The SMILES string of the molecule is C[C@H]1OCC[C@H]1NCC(F)F. The molecular formula is C7H13F2NO. The molecule has 1 fully saturated rings. The lowest BCUT2D eigenvalue weighted by molar-refractivity contribution is 0.102. The van der Waals surface area contributed by atoms with Crippen LogP contribution in [-0.2, 0) is 4.74 Å². The van der Waals surface area contributed by atoms with Crippen LogP contribution in [0.25, 0.3) is 0 Å². The van der Waals surface area contributed by atoms with E-state index >= 15 is 0 Å². The number of hydrogen-bond acceptors (Lipinski definition) is 2. The number of halogens is 2. The van der Waals surface area contributed by atoms with Gasteiger partial charge in [-0.1, -0.05) is 0 Å². The highest BCUT2D eigenvalue weighted by atomic mass is 19.3. The summed E-state index contributed by atoms with van der Waals surface area (Å²) in [6.07, 6.45) is -1.34. The monoisotopic (exact) mass is 165 g/mol. The van der Waals surface area contributed by atoms with E-state index in [4.69, 9.17) is 4.74 Å². The highest BCUT2D eigenvalue weighted by Crippen LogP contribution is 2.12. The maximum absolute atomic E-state index is 11.7. The average Bonchev–Trinajstić information content (AvgIpc) is 2.31. The van der Waals surface area contributed by atoms with E-state index in [1.165, 1.54) is 0 Å². The van der Waals surface area contributed by atoms with Crippen molar-refractivity contribution in [1.29, 1.82) is 0 Å². The van der Waals surface area contributed by atoms with Gasteiger partial charge < -0.3 is 10.1 Å². The van der Waals surface area contributed by atoms with Crippen molar-refractivity contribution in [3.05, 3.63) is 0 Å². The Hall–Kier alpha value is -0.220. The molecule has 4 heteroatoms. The predicted octanol–water partition coefficient (Wildman–Crippen LogP) is 1.02. The number of rotatable bonds is 3. The first-order valence-electron chi connectivity index (χ1n) is 3.83. The van der Waals surface area contributed by atoms with Crippen molar-refractivity contribution in [2.45, 2.75) is 31.9 Å². The summed E-state index contributed by atoms with van der Waals surface area (Å²) in [6.45, 7) is 2.36. The number of hydrogen-bond donors (Lipinski definition) is 1. The van der Waals surface area contributed by atoms with Gasteiger partial charge in [0.25, 0.3) is 6.43 Å². The summed E-state index contributed by atoms with van der Waals surface area (Å²) in [5, 5.41) is 2.76. The predicted molar refractivity (Wildman–Crippen MR) is 37.8 cm³/mol. The number of nitrogens with one attached hydrogen (secondary N) is 1. The zero-order valence-electron chi connectivity index (χ0n) is 6.52. The highest BCUT2D eigenvalue weighted by Gasteiger charge is 2.24. The molecule has 0 aromatic heterocycles. The van der Waals surface area contributed by atoms with Gasteiger partial charge in [-0.25, -0.2) is 8.78 Å². The van der Waals surface area contributed by atoms with E-state index in [-0.39, 0.29) is 18.7 Å². The average molecular weight is 165 g/mol. The quantitative estimate of drug-likeness (QED) is 0.674. The largest absolute Gasteiger partial charge is 0.377 e. The summed E-state index contributed by atoms with van der Waals surface area (Å²) >= 11 is 0. The van der Waals surface area contributed by atoms with Gasteiger partial charge >= 0.3 is 0 Å². The van der Waals surface area contributed by atoms with Crippen LogP contribution in [0.5, 0.6) is 0 Å². The summed E-state index contributed by atoms with van der Waals surface area (Å²) in [5.41, 5.74) is 0. The molecule has 2 nitrogen and oxygen atoms in total. The van der Waals surface area contributed by atoms with Gasteiger partial charge in [0, 0.05) is 12.6 Å². The van der Waals surface area contributed by atoms with Gasteiger partial charge in [-0.15, -0.1) is 0 Å². The van der Waals surface area contributed by atoms with Crippen LogP contribution in [0.3, 0.4) is 0 Å². The van der Waals surface area contributed by atoms with Gasteiger partial charge in [0.2, 0.25) is 0 Å². The van der Waals surface area contributed by atoms with Gasteiger partial charge in [0.15, 0.2) is 0 Å². The topological polar surface area (TPSA) is 21.3 Å². The van der Waals surface area contributed by atoms with Crippen LogP contribution in [0.4, 0.5) is 8.78 Å². The van der Waals surface area contributed by atoms with Gasteiger partial charge in [-0.3, -0.25) is 0 Å². The Labute approximate surface area is 64.9 Å². The molecule has 1 aliphatic heterocycles. The Balaban J connectivity index is 2.15. The molecule has 1 rings (SSSR count). The minimum Gasteiger partial charge on any atom is -0.377 e. The zero-order chi connectivity index (χ0) is 8.27. The molecule has 1 heterocycles. The van der Waals surface area contributed by atoms with Crippen molar-refractivity contribution >= 4 is 0 Å². The summed E-state index contributed by atoms with van der Waals surface area (Å²) in [7, 11) is 0.